The smallest absolute Gasteiger partial charge is 0.295 e. The van der Waals surface area contributed by atoms with Crippen LogP contribution in [0.25, 0.3) is 16.6 Å². The number of amides is 1. The molecule has 9 heteroatoms. The highest BCUT2D eigenvalue weighted by Gasteiger charge is 2.25. The van der Waals surface area contributed by atoms with Crippen molar-refractivity contribution in [1.82, 2.24) is 19.6 Å². The fraction of sp³-hybridized carbons (Fsp3) is 0.308. The van der Waals surface area contributed by atoms with Crippen molar-refractivity contribution in [3.63, 3.8) is 0 Å². The Morgan fingerprint density at radius 1 is 1.00 bits per heavy atom. The first-order valence-corrected chi connectivity index (χ1v) is 11.4. The van der Waals surface area contributed by atoms with Crippen molar-refractivity contribution in [2.45, 2.75) is 40.2 Å². The zero-order chi connectivity index (χ0) is 25.3. The average molecular weight is 476 g/mol. The maximum atomic E-state index is 13.5. The molecule has 9 nitrogen and oxygen atoms in total. The average Bonchev–Trinajstić information content (AvgIpc) is 3.20. The number of nitrogens with zero attached hydrogens (tertiary/aromatic N) is 4. The summed E-state index contributed by atoms with van der Waals surface area (Å²) < 4.78 is 13.5. The van der Waals surface area contributed by atoms with Gasteiger partial charge in [0.2, 0.25) is 5.91 Å². The number of nitrogens with one attached hydrogen (secondary N) is 1. The quantitative estimate of drug-likeness (QED) is 0.432. The molecule has 35 heavy (non-hydrogen) atoms. The first kappa shape index (κ1) is 24.0. The van der Waals surface area contributed by atoms with Gasteiger partial charge in [0.15, 0.2) is 5.52 Å². The molecule has 1 amide bonds. The summed E-state index contributed by atoms with van der Waals surface area (Å²) in [5.41, 5.74) is 3.80. The zero-order valence-electron chi connectivity index (χ0n) is 20.7. The molecule has 0 saturated carbocycles. The highest BCUT2D eigenvalue weighted by molar-refractivity contribution is 5.94. The molecule has 0 aliphatic heterocycles. The topological polar surface area (TPSA) is 100 Å². The summed E-state index contributed by atoms with van der Waals surface area (Å²) in [4.78, 5) is 26.7. The standard InChI is InChI=1S/C26H29N5O4/c1-7-22(25(32)27-18-12-20(34-5)14-21(13-18)35-6)31-26(33)24-23(16(3)28-31)17(4)30(29-24)19-10-8-15(2)9-11-19/h8-14,22H,7H2,1-6H3,(H,27,32). The molecule has 1 unspecified atom stereocenters. The normalized spacial score (nSPS) is 11.9. The van der Waals surface area contributed by atoms with Gasteiger partial charge in [0.05, 0.1) is 36.7 Å². The molecule has 0 bridgehead atoms. The number of methoxy groups -OCH3 is 2. The van der Waals surface area contributed by atoms with Crippen LogP contribution in [0.3, 0.4) is 0 Å². The third-order valence-electron chi connectivity index (χ3n) is 6.03. The van der Waals surface area contributed by atoms with Crippen LogP contribution in [0.2, 0.25) is 0 Å². The lowest BCUT2D eigenvalue weighted by molar-refractivity contribution is -0.119. The van der Waals surface area contributed by atoms with E-state index in [0.717, 1.165) is 16.9 Å². The van der Waals surface area contributed by atoms with Crippen LogP contribution in [-0.2, 0) is 4.79 Å². The van der Waals surface area contributed by atoms with Gasteiger partial charge in [-0.1, -0.05) is 24.6 Å². The maximum Gasteiger partial charge on any atom is 0.295 e. The van der Waals surface area contributed by atoms with E-state index < -0.39 is 11.6 Å². The second kappa shape index (κ2) is 9.61. The van der Waals surface area contributed by atoms with Crippen LogP contribution in [0.15, 0.2) is 47.3 Å². The van der Waals surface area contributed by atoms with E-state index >= 15 is 0 Å². The third-order valence-corrected chi connectivity index (χ3v) is 6.03. The summed E-state index contributed by atoms with van der Waals surface area (Å²) in [7, 11) is 3.07. The van der Waals surface area contributed by atoms with E-state index in [1.54, 1.807) is 22.9 Å². The number of carbonyl (C=O) groups excluding carboxylic acids is 1. The van der Waals surface area contributed by atoms with Gasteiger partial charge in [-0.05, 0) is 39.3 Å². The summed E-state index contributed by atoms with van der Waals surface area (Å²) in [6.07, 6.45) is 0.364. The van der Waals surface area contributed by atoms with Gasteiger partial charge in [-0.15, -0.1) is 0 Å². The molecule has 0 fully saturated rings. The summed E-state index contributed by atoms with van der Waals surface area (Å²) >= 11 is 0. The number of rotatable bonds is 7. The van der Waals surface area contributed by atoms with Crippen molar-refractivity contribution in [2.24, 2.45) is 0 Å². The number of hydrogen-bond donors (Lipinski definition) is 1. The van der Waals surface area contributed by atoms with E-state index in [1.165, 1.54) is 18.9 Å². The van der Waals surface area contributed by atoms with Crippen molar-refractivity contribution in [2.75, 3.05) is 19.5 Å². The highest BCUT2D eigenvalue weighted by atomic mass is 16.5. The molecule has 0 radical (unpaired) electrons. The largest absolute Gasteiger partial charge is 0.497 e. The molecule has 4 rings (SSSR count). The predicted molar refractivity (Wildman–Crippen MR) is 135 cm³/mol. The number of aromatic nitrogens is 4. The molecule has 2 heterocycles. The molecule has 0 aliphatic carbocycles. The van der Waals surface area contributed by atoms with Crippen LogP contribution in [0.1, 0.15) is 36.3 Å². The number of hydrogen-bond acceptors (Lipinski definition) is 6. The summed E-state index contributed by atoms with van der Waals surface area (Å²) in [5, 5.41) is 12.7. The molecule has 2 aromatic carbocycles. The fourth-order valence-electron chi connectivity index (χ4n) is 4.17. The lowest BCUT2D eigenvalue weighted by Gasteiger charge is -2.18. The van der Waals surface area contributed by atoms with Crippen LogP contribution < -0.4 is 20.3 Å². The van der Waals surface area contributed by atoms with Gasteiger partial charge in [0.25, 0.3) is 5.56 Å². The Hall–Kier alpha value is -4.14. The first-order chi connectivity index (χ1) is 16.8. The Bertz CT molecular complexity index is 1430. The Kier molecular flexibility index (Phi) is 6.59. The minimum absolute atomic E-state index is 0.282. The number of benzene rings is 2. The molecule has 0 aliphatic rings. The monoisotopic (exact) mass is 475 g/mol. The van der Waals surface area contributed by atoms with Gasteiger partial charge < -0.3 is 14.8 Å². The number of ether oxygens (including phenoxy) is 2. The molecular formula is C26H29N5O4. The third kappa shape index (κ3) is 4.49. The van der Waals surface area contributed by atoms with Crippen LogP contribution in [0.4, 0.5) is 5.69 Å². The van der Waals surface area contributed by atoms with E-state index in [-0.39, 0.29) is 11.4 Å². The molecular weight excluding hydrogens is 446 g/mol. The lowest BCUT2D eigenvalue weighted by atomic mass is 10.1. The van der Waals surface area contributed by atoms with Crippen LogP contribution in [0.5, 0.6) is 11.5 Å². The maximum absolute atomic E-state index is 13.5. The second-order valence-electron chi connectivity index (χ2n) is 8.41. The van der Waals surface area contributed by atoms with E-state index in [0.29, 0.717) is 34.7 Å². The van der Waals surface area contributed by atoms with Gasteiger partial charge in [0, 0.05) is 23.9 Å². The SMILES string of the molecule is CCC(C(=O)Nc1cc(OC)cc(OC)c1)n1nc(C)c2c(C)n(-c3ccc(C)cc3)nc2c1=O. The van der Waals surface area contributed by atoms with E-state index in [2.05, 4.69) is 15.5 Å². The number of anilines is 1. The second-order valence-corrected chi connectivity index (χ2v) is 8.41. The minimum Gasteiger partial charge on any atom is -0.497 e. The fourth-order valence-corrected chi connectivity index (χ4v) is 4.17. The molecule has 1 N–H and O–H groups in total. The number of aryl methyl sites for hydroxylation is 3. The Morgan fingerprint density at radius 2 is 1.63 bits per heavy atom. The van der Waals surface area contributed by atoms with Gasteiger partial charge in [-0.25, -0.2) is 9.36 Å². The Morgan fingerprint density at radius 3 is 2.20 bits per heavy atom. The van der Waals surface area contributed by atoms with Crippen LogP contribution in [0, 0.1) is 20.8 Å². The van der Waals surface area contributed by atoms with E-state index in [4.69, 9.17) is 9.47 Å². The van der Waals surface area contributed by atoms with Crippen molar-refractivity contribution in [3.8, 4) is 17.2 Å². The van der Waals surface area contributed by atoms with Crippen LogP contribution >= 0.6 is 0 Å². The highest BCUT2D eigenvalue weighted by Crippen LogP contribution is 2.27. The molecule has 0 saturated heterocycles. The number of carbonyl (C=O) groups is 1. The molecule has 4 aromatic rings. The lowest BCUT2D eigenvalue weighted by Crippen LogP contribution is -2.35. The van der Waals surface area contributed by atoms with Crippen molar-refractivity contribution >= 4 is 22.5 Å². The van der Waals surface area contributed by atoms with Crippen molar-refractivity contribution in [1.29, 1.82) is 0 Å². The molecule has 182 valence electrons. The first-order valence-electron chi connectivity index (χ1n) is 11.4. The molecule has 0 spiro atoms. The summed E-state index contributed by atoms with van der Waals surface area (Å²) in [5.74, 6) is 0.709. The number of fused-ring (bicyclic) bond motifs is 1. The van der Waals surface area contributed by atoms with Gasteiger partial charge in [-0.3, -0.25) is 9.59 Å². The van der Waals surface area contributed by atoms with Gasteiger partial charge in [-0.2, -0.15) is 10.2 Å². The predicted octanol–water partition coefficient (Wildman–Crippen LogP) is 4.11. The van der Waals surface area contributed by atoms with Crippen LogP contribution in [-0.4, -0.2) is 39.7 Å². The van der Waals surface area contributed by atoms with Crippen molar-refractivity contribution in [3.05, 3.63) is 69.8 Å². The minimum atomic E-state index is -0.826. The van der Waals surface area contributed by atoms with Crippen molar-refractivity contribution < 1.29 is 14.3 Å². The molecule has 2 aromatic heterocycles. The Balaban J connectivity index is 1.75. The zero-order valence-corrected chi connectivity index (χ0v) is 20.7. The summed E-state index contributed by atoms with van der Waals surface area (Å²) in [6, 6.07) is 12.2. The van der Waals surface area contributed by atoms with E-state index in [1.807, 2.05) is 52.0 Å². The Labute approximate surface area is 203 Å². The molecule has 1 atom stereocenters. The van der Waals surface area contributed by atoms with E-state index in [9.17, 15) is 9.59 Å². The van der Waals surface area contributed by atoms with Gasteiger partial charge in [0.1, 0.15) is 17.5 Å². The summed E-state index contributed by atoms with van der Waals surface area (Å²) in [6.45, 7) is 7.58. The van der Waals surface area contributed by atoms with Gasteiger partial charge >= 0.3 is 0 Å².